The van der Waals surface area contributed by atoms with Gasteiger partial charge in [-0.05, 0) is 18.7 Å². The molecule has 0 bridgehead atoms. The minimum absolute atomic E-state index is 1.00. The number of benzene rings is 1. The van der Waals surface area contributed by atoms with Gasteiger partial charge in [0.2, 0.25) is 0 Å². The fourth-order valence-electron chi connectivity index (χ4n) is 1.29. The van der Waals surface area contributed by atoms with Gasteiger partial charge < -0.3 is 5.32 Å². The van der Waals surface area contributed by atoms with Crippen LogP contribution in [0.3, 0.4) is 0 Å². The molecule has 0 saturated heterocycles. The van der Waals surface area contributed by atoms with Gasteiger partial charge in [0.1, 0.15) is 6.67 Å². The summed E-state index contributed by atoms with van der Waals surface area (Å²) < 4.78 is 0. The Labute approximate surface area is 66.8 Å². The second kappa shape index (κ2) is 2.55. The molecule has 11 heavy (non-hydrogen) atoms. The Bertz CT molecular complexity index is 257. The quantitative estimate of drug-likeness (QED) is 0.600. The van der Waals surface area contributed by atoms with Gasteiger partial charge in [0.25, 0.3) is 0 Å². The van der Waals surface area contributed by atoms with Gasteiger partial charge in [0.05, 0.1) is 0 Å². The highest BCUT2D eigenvalue weighted by Crippen LogP contribution is 2.21. The van der Waals surface area contributed by atoms with Crippen molar-refractivity contribution in [3.05, 3.63) is 36.5 Å². The van der Waals surface area contributed by atoms with Crippen LogP contribution < -0.4 is 5.32 Å². The fourth-order valence-corrected chi connectivity index (χ4v) is 1.29. The zero-order chi connectivity index (χ0) is 7.68. The Balaban J connectivity index is 2.34. The zero-order valence-electron chi connectivity index (χ0n) is 6.54. The number of nitrogens with zero attached hydrogens (tertiary/aromatic N) is 1. The summed E-state index contributed by atoms with van der Waals surface area (Å²) in [6, 6.07) is 8.36. The lowest BCUT2D eigenvalue weighted by Crippen LogP contribution is -2.24. The molecule has 1 heterocycles. The molecule has 1 aliphatic heterocycles. The topological polar surface area (TPSA) is 15.3 Å². The highest BCUT2D eigenvalue weighted by Gasteiger charge is 2.10. The van der Waals surface area contributed by atoms with Gasteiger partial charge >= 0.3 is 0 Å². The Hall–Kier alpha value is -1.02. The third-order valence-corrected chi connectivity index (χ3v) is 1.88. The molecule has 1 N–H and O–H groups in total. The molecule has 0 saturated carbocycles. The zero-order valence-corrected chi connectivity index (χ0v) is 6.54. The maximum Gasteiger partial charge on any atom is 0.114 e. The van der Waals surface area contributed by atoms with Gasteiger partial charge in [-0.2, -0.15) is 0 Å². The summed E-state index contributed by atoms with van der Waals surface area (Å²) in [6.07, 6.45) is 0. The van der Waals surface area contributed by atoms with Crippen LogP contribution in [0.15, 0.2) is 24.3 Å². The van der Waals surface area contributed by atoms with Crippen molar-refractivity contribution in [2.75, 3.05) is 12.4 Å². The minimum atomic E-state index is 1.00. The maximum atomic E-state index is 3.21. The number of nitrogens with one attached hydrogen (secondary N) is 1. The molecule has 0 unspecified atom stereocenters. The summed E-state index contributed by atoms with van der Waals surface area (Å²) in [6.45, 7) is 2.99. The third-order valence-electron chi connectivity index (χ3n) is 1.88. The number of para-hydroxylation sites is 1. The average Bonchev–Trinajstić information content (AvgIpc) is 2.04. The van der Waals surface area contributed by atoms with Crippen molar-refractivity contribution in [1.29, 1.82) is 0 Å². The maximum absolute atomic E-state index is 3.21. The molecule has 1 aromatic carbocycles. The van der Waals surface area contributed by atoms with E-state index < -0.39 is 0 Å². The standard InChI is InChI=1S/C9H11N2/c1-11-6-8-4-2-3-5-9(8)10-7-11/h2-5,7,10H,6H2,1H3. The summed E-state index contributed by atoms with van der Waals surface area (Å²) in [5.74, 6) is 0. The number of anilines is 1. The normalized spacial score (nSPS) is 17.2. The lowest BCUT2D eigenvalue weighted by Gasteiger charge is -2.25. The monoisotopic (exact) mass is 147 g/mol. The number of hydrogen-bond acceptors (Lipinski definition) is 2. The van der Waals surface area contributed by atoms with E-state index in [1.807, 2.05) is 12.7 Å². The highest BCUT2D eigenvalue weighted by molar-refractivity contribution is 5.53. The summed E-state index contributed by atoms with van der Waals surface area (Å²) in [5.41, 5.74) is 2.59. The number of hydrogen-bond donors (Lipinski definition) is 1. The van der Waals surface area contributed by atoms with E-state index in [2.05, 4.69) is 35.5 Å². The van der Waals surface area contributed by atoms with Crippen molar-refractivity contribution in [1.82, 2.24) is 4.90 Å². The molecule has 0 fully saturated rings. The summed E-state index contributed by atoms with van der Waals surface area (Å²) in [7, 11) is 2.06. The van der Waals surface area contributed by atoms with E-state index >= 15 is 0 Å². The molecule has 1 aromatic rings. The molecule has 2 heteroatoms. The van der Waals surface area contributed by atoms with Crippen LogP contribution in [-0.2, 0) is 6.54 Å². The van der Waals surface area contributed by atoms with E-state index in [0.717, 1.165) is 6.54 Å². The van der Waals surface area contributed by atoms with Crippen molar-refractivity contribution in [2.24, 2.45) is 0 Å². The van der Waals surface area contributed by atoms with Crippen LogP contribution in [0.25, 0.3) is 0 Å². The predicted octanol–water partition coefficient (Wildman–Crippen LogP) is 1.66. The van der Waals surface area contributed by atoms with Crippen LogP contribution in [0.2, 0.25) is 0 Å². The predicted molar refractivity (Wildman–Crippen MR) is 45.8 cm³/mol. The molecule has 1 radical (unpaired) electrons. The van der Waals surface area contributed by atoms with Crippen LogP contribution in [0, 0.1) is 6.67 Å². The molecule has 0 atom stereocenters. The van der Waals surface area contributed by atoms with Crippen molar-refractivity contribution < 1.29 is 0 Å². The molecule has 1 aliphatic rings. The van der Waals surface area contributed by atoms with Crippen molar-refractivity contribution in [3.63, 3.8) is 0 Å². The van der Waals surface area contributed by atoms with Crippen molar-refractivity contribution >= 4 is 5.69 Å². The molecule has 0 aliphatic carbocycles. The molecule has 0 amide bonds. The van der Waals surface area contributed by atoms with Crippen molar-refractivity contribution in [2.45, 2.75) is 6.54 Å². The second-order valence-electron chi connectivity index (χ2n) is 2.85. The van der Waals surface area contributed by atoms with Crippen LogP contribution >= 0.6 is 0 Å². The minimum Gasteiger partial charge on any atom is -0.366 e. The van der Waals surface area contributed by atoms with Gasteiger partial charge in [-0.3, -0.25) is 4.90 Å². The number of rotatable bonds is 0. The first-order chi connectivity index (χ1) is 5.36. The summed E-state index contributed by atoms with van der Waals surface area (Å²) in [4.78, 5) is 2.13. The smallest absolute Gasteiger partial charge is 0.114 e. The van der Waals surface area contributed by atoms with Gasteiger partial charge in [-0.1, -0.05) is 18.2 Å². The Kier molecular flexibility index (Phi) is 1.55. The highest BCUT2D eigenvalue weighted by atomic mass is 15.2. The van der Waals surface area contributed by atoms with Gasteiger partial charge in [0, 0.05) is 12.2 Å². The molecule has 2 rings (SSSR count). The van der Waals surface area contributed by atoms with E-state index in [1.165, 1.54) is 11.3 Å². The summed E-state index contributed by atoms with van der Waals surface area (Å²) in [5, 5.41) is 3.21. The largest absolute Gasteiger partial charge is 0.366 e. The lowest BCUT2D eigenvalue weighted by atomic mass is 10.1. The number of fused-ring (bicyclic) bond motifs is 1. The van der Waals surface area contributed by atoms with E-state index in [0.29, 0.717) is 0 Å². The lowest BCUT2D eigenvalue weighted by molar-refractivity contribution is 0.397. The molecule has 0 aromatic heterocycles. The second-order valence-corrected chi connectivity index (χ2v) is 2.85. The van der Waals surface area contributed by atoms with Gasteiger partial charge in [-0.15, -0.1) is 0 Å². The Morgan fingerprint density at radius 3 is 3.09 bits per heavy atom. The van der Waals surface area contributed by atoms with Gasteiger partial charge in [-0.25, -0.2) is 0 Å². The molecular weight excluding hydrogens is 136 g/mol. The Morgan fingerprint density at radius 1 is 1.36 bits per heavy atom. The SMILES string of the molecule is CN1[CH]Nc2ccccc2C1. The Morgan fingerprint density at radius 2 is 2.18 bits per heavy atom. The third kappa shape index (κ3) is 1.21. The first-order valence-electron chi connectivity index (χ1n) is 3.74. The fraction of sp³-hybridized carbons (Fsp3) is 0.222. The molecule has 2 nitrogen and oxygen atoms in total. The van der Waals surface area contributed by atoms with Crippen LogP contribution in [0.5, 0.6) is 0 Å². The van der Waals surface area contributed by atoms with E-state index in [4.69, 9.17) is 0 Å². The molecule has 57 valence electrons. The van der Waals surface area contributed by atoms with Crippen LogP contribution in [-0.4, -0.2) is 11.9 Å². The molecular formula is C9H11N2. The average molecular weight is 147 g/mol. The van der Waals surface area contributed by atoms with Crippen LogP contribution in [0.4, 0.5) is 5.69 Å². The first kappa shape index (κ1) is 6.68. The summed E-state index contributed by atoms with van der Waals surface area (Å²) >= 11 is 0. The first-order valence-corrected chi connectivity index (χ1v) is 3.74. The van der Waals surface area contributed by atoms with Crippen molar-refractivity contribution in [3.8, 4) is 0 Å². The molecule has 0 spiro atoms. The van der Waals surface area contributed by atoms with Crippen LogP contribution in [0.1, 0.15) is 5.56 Å². The van der Waals surface area contributed by atoms with E-state index in [-0.39, 0.29) is 0 Å². The van der Waals surface area contributed by atoms with E-state index in [9.17, 15) is 0 Å². The van der Waals surface area contributed by atoms with Gasteiger partial charge in [0.15, 0.2) is 0 Å². The van der Waals surface area contributed by atoms with E-state index in [1.54, 1.807) is 0 Å².